The van der Waals surface area contributed by atoms with Crippen LogP contribution in [-0.2, 0) is 0 Å². The van der Waals surface area contributed by atoms with Gasteiger partial charge >= 0.3 is 0 Å². The lowest BCUT2D eigenvalue weighted by Gasteiger charge is -2.15. The van der Waals surface area contributed by atoms with E-state index in [0.717, 1.165) is 18.7 Å². The van der Waals surface area contributed by atoms with Crippen molar-refractivity contribution in [3.05, 3.63) is 40.2 Å². The Labute approximate surface area is 120 Å². The second-order valence-electron chi connectivity index (χ2n) is 5.53. The molecule has 0 saturated heterocycles. The molecular formula is C16H23ClFN. The first-order valence-corrected chi connectivity index (χ1v) is 7.14. The third kappa shape index (κ3) is 5.33. The molecule has 0 aliphatic heterocycles. The predicted molar refractivity (Wildman–Crippen MR) is 81.9 cm³/mol. The van der Waals surface area contributed by atoms with Crippen molar-refractivity contribution < 1.29 is 4.39 Å². The van der Waals surface area contributed by atoms with Crippen molar-refractivity contribution in [3.8, 4) is 0 Å². The lowest BCUT2D eigenvalue weighted by Crippen LogP contribution is -2.23. The molecule has 0 fully saturated rings. The van der Waals surface area contributed by atoms with Crippen molar-refractivity contribution in [1.82, 2.24) is 5.32 Å². The van der Waals surface area contributed by atoms with Gasteiger partial charge in [-0.1, -0.05) is 50.9 Å². The van der Waals surface area contributed by atoms with E-state index in [1.165, 1.54) is 6.07 Å². The van der Waals surface area contributed by atoms with Gasteiger partial charge in [0.1, 0.15) is 5.82 Å². The molecule has 0 unspecified atom stereocenters. The van der Waals surface area contributed by atoms with E-state index in [9.17, 15) is 4.39 Å². The molecule has 0 spiro atoms. The van der Waals surface area contributed by atoms with Gasteiger partial charge in [-0.25, -0.2) is 4.39 Å². The Kier molecular flexibility index (Phi) is 6.53. The third-order valence-electron chi connectivity index (χ3n) is 2.95. The van der Waals surface area contributed by atoms with E-state index in [1.807, 2.05) is 6.08 Å². The van der Waals surface area contributed by atoms with Gasteiger partial charge < -0.3 is 5.32 Å². The number of nitrogens with one attached hydrogen (secondary N) is 1. The lowest BCUT2D eigenvalue weighted by atomic mass is 9.99. The highest BCUT2D eigenvalue weighted by atomic mass is 35.5. The molecular weight excluding hydrogens is 261 g/mol. The van der Waals surface area contributed by atoms with Crippen LogP contribution in [0, 0.1) is 17.7 Å². The molecule has 1 aromatic carbocycles. The molecule has 0 aliphatic carbocycles. The standard InChI is InChI=1S/C16H23ClFN/c1-11(2)9-19-10-13(12(3)4)8-14-15(17)6-5-7-16(14)18/h5-8,11-12,19H,9-10H2,1-4H3. The van der Waals surface area contributed by atoms with Crippen molar-refractivity contribution >= 4 is 17.7 Å². The Morgan fingerprint density at radius 3 is 2.53 bits per heavy atom. The van der Waals surface area contributed by atoms with Gasteiger partial charge in [0.25, 0.3) is 0 Å². The van der Waals surface area contributed by atoms with E-state index in [0.29, 0.717) is 22.4 Å². The molecule has 0 saturated carbocycles. The summed E-state index contributed by atoms with van der Waals surface area (Å²) >= 11 is 6.06. The molecule has 1 aromatic rings. The molecule has 0 atom stereocenters. The molecule has 19 heavy (non-hydrogen) atoms. The van der Waals surface area contributed by atoms with Crippen molar-refractivity contribution in [1.29, 1.82) is 0 Å². The number of benzene rings is 1. The quantitative estimate of drug-likeness (QED) is 0.793. The Hall–Kier alpha value is -0.860. The fraction of sp³-hybridized carbons (Fsp3) is 0.500. The van der Waals surface area contributed by atoms with Crippen molar-refractivity contribution in [2.75, 3.05) is 13.1 Å². The summed E-state index contributed by atoms with van der Waals surface area (Å²) in [5, 5.41) is 3.85. The average molecular weight is 284 g/mol. The molecule has 0 bridgehead atoms. The molecule has 0 aliphatic rings. The summed E-state index contributed by atoms with van der Waals surface area (Å²) in [6.45, 7) is 10.3. The van der Waals surface area contributed by atoms with Crippen LogP contribution in [0.5, 0.6) is 0 Å². The number of rotatable bonds is 6. The van der Waals surface area contributed by atoms with Gasteiger partial charge in [-0.15, -0.1) is 0 Å². The second-order valence-corrected chi connectivity index (χ2v) is 5.94. The summed E-state index contributed by atoms with van der Waals surface area (Å²) < 4.78 is 13.8. The number of hydrogen-bond acceptors (Lipinski definition) is 1. The summed E-state index contributed by atoms with van der Waals surface area (Å²) in [4.78, 5) is 0. The van der Waals surface area contributed by atoms with Crippen molar-refractivity contribution in [3.63, 3.8) is 0 Å². The molecule has 3 heteroatoms. The summed E-state index contributed by atoms with van der Waals surface area (Å²) in [5.74, 6) is 0.690. The molecule has 1 rings (SSSR count). The molecule has 1 nitrogen and oxygen atoms in total. The van der Waals surface area contributed by atoms with E-state index < -0.39 is 0 Å². The van der Waals surface area contributed by atoms with Crippen molar-refractivity contribution in [2.24, 2.45) is 11.8 Å². The first kappa shape index (κ1) is 16.2. The Balaban J connectivity index is 2.89. The smallest absolute Gasteiger partial charge is 0.131 e. The van der Waals surface area contributed by atoms with Crippen molar-refractivity contribution in [2.45, 2.75) is 27.7 Å². The Morgan fingerprint density at radius 2 is 2.00 bits per heavy atom. The Bertz CT molecular complexity index is 418. The summed E-state index contributed by atoms with van der Waals surface area (Å²) in [6, 6.07) is 4.79. The maximum atomic E-state index is 13.8. The van der Waals surface area contributed by atoms with Gasteiger partial charge in [0, 0.05) is 12.1 Å². The SMILES string of the molecule is CC(C)CNCC(=Cc1c(F)cccc1Cl)C(C)C. The summed E-state index contributed by atoms with van der Waals surface area (Å²) in [6.07, 6.45) is 1.87. The van der Waals surface area contributed by atoms with E-state index in [2.05, 4.69) is 33.0 Å². The minimum atomic E-state index is -0.269. The zero-order chi connectivity index (χ0) is 14.4. The zero-order valence-corrected chi connectivity index (χ0v) is 12.9. The highest BCUT2D eigenvalue weighted by molar-refractivity contribution is 6.32. The maximum Gasteiger partial charge on any atom is 0.131 e. The van der Waals surface area contributed by atoms with E-state index in [4.69, 9.17) is 11.6 Å². The molecule has 0 aromatic heterocycles. The van der Waals surface area contributed by atoms with Gasteiger partial charge in [-0.3, -0.25) is 0 Å². The monoisotopic (exact) mass is 283 g/mol. The average Bonchev–Trinajstić information content (AvgIpc) is 2.31. The first-order valence-electron chi connectivity index (χ1n) is 6.77. The number of hydrogen-bond donors (Lipinski definition) is 1. The topological polar surface area (TPSA) is 12.0 Å². The molecule has 1 N–H and O–H groups in total. The zero-order valence-electron chi connectivity index (χ0n) is 12.1. The van der Waals surface area contributed by atoms with Crippen LogP contribution in [0.4, 0.5) is 4.39 Å². The van der Waals surface area contributed by atoms with Gasteiger partial charge in [-0.2, -0.15) is 0 Å². The van der Waals surface area contributed by atoms with Gasteiger partial charge in [0.15, 0.2) is 0 Å². The fourth-order valence-electron chi connectivity index (χ4n) is 1.76. The van der Waals surface area contributed by atoms with Crippen LogP contribution in [0.2, 0.25) is 5.02 Å². The molecule has 0 radical (unpaired) electrons. The van der Waals surface area contributed by atoms with Crippen LogP contribution < -0.4 is 5.32 Å². The van der Waals surface area contributed by atoms with Crippen LogP contribution in [0.15, 0.2) is 23.8 Å². The molecule has 0 amide bonds. The van der Waals surface area contributed by atoms with Gasteiger partial charge in [0.2, 0.25) is 0 Å². The van der Waals surface area contributed by atoms with E-state index in [-0.39, 0.29) is 5.82 Å². The minimum absolute atomic E-state index is 0.269. The van der Waals surface area contributed by atoms with Crippen LogP contribution in [0.1, 0.15) is 33.3 Å². The lowest BCUT2D eigenvalue weighted by molar-refractivity contribution is 0.558. The highest BCUT2D eigenvalue weighted by Gasteiger charge is 2.09. The molecule has 0 heterocycles. The van der Waals surface area contributed by atoms with Crippen LogP contribution >= 0.6 is 11.6 Å². The van der Waals surface area contributed by atoms with Crippen LogP contribution in [0.25, 0.3) is 6.08 Å². The number of halogens is 2. The predicted octanol–water partition coefficient (Wildman–Crippen LogP) is 4.76. The fourth-order valence-corrected chi connectivity index (χ4v) is 1.98. The summed E-state index contributed by atoms with van der Waals surface area (Å²) in [5.41, 5.74) is 1.65. The molecule has 106 valence electrons. The summed E-state index contributed by atoms with van der Waals surface area (Å²) in [7, 11) is 0. The largest absolute Gasteiger partial charge is 0.313 e. The van der Waals surface area contributed by atoms with Gasteiger partial charge in [0.05, 0.1) is 5.02 Å². The van der Waals surface area contributed by atoms with Crippen LogP contribution in [-0.4, -0.2) is 13.1 Å². The van der Waals surface area contributed by atoms with Crippen LogP contribution in [0.3, 0.4) is 0 Å². The van der Waals surface area contributed by atoms with Gasteiger partial charge in [-0.05, 0) is 36.6 Å². The highest BCUT2D eigenvalue weighted by Crippen LogP contribution is 2.23. The Morgan fingerprint density at radius 1 is 1.32 bits per heavy atom. The maximum absolute atomic E-state index is 13.8. The minimum Gasteiger partial charge on any atom is -0.313 e. The van der Waals surface area contributed by atoms with E-state index >= 15 is 0 Å². The normalized spacial score (nSPS) is 12.5. The van der Waals surface area contributed by atoms with E-state index in [1.54, 1.807) is 12.1 Å². The second kappa shape index (κ2) is 7.66. The third-order valence-corrected chi connectivity index (χ3v) is 3.28. The first-order chi connectivity index (χ1) is 8.91.